The van der Waals surface area contributed by atoms with Crippen molar-refractivity contribution in [3.8, 4) is 10.6 Å². The van der Waals surface area contributed by atoms with Crippen molar-refractivity contribution in [2.75, 3.05) is 0 Å². The molecule has 0 N–H and O–H groups in total. The minimum absolute atomic E-state index is 0.234. The Morgan fingerprint density at radius 3 is 2.32 bits per heavy atom. The van der Waals surface area contributed by atoms with Crippen molar-refractivity contribution in [3.05, 3.63) is 64.7 Å². The number of aryl methyl sites for hydroxylation is 2. The van der Waals surface area contributed by atoms with E-state index in [2.05, 4.69) is 55.0 Å². The minimum Gasteiger partial charge on any atom is -0.249 e. The molecule has 0 saturated heterocycles. The quantitative estimate of drug-likeness (QED) is 0.713. The summed E-state index contributed by atoms with van der Waals surface area (Å²) in [5, 5.41) is 0. The number of aromatic nitrogens is 3. The monoisotopic (exact) mass is 309 g/mol. The standard InChI is InChI=1S/C18H19N3S/c1-12-5-7-14(8-6-12)18(3,4)17-19-10-9-15(21-17)16-13(2)20-11-22-16/h5-11H,1-4H3. The van der Waals surface area contributed by atoms with Gasteiger partial charge in [-0.25, -0.2) is 15.0 Å². The molecule has 4 heteroatoms. The van der Waals surface area contributed by atoms with Gasteiger partial charge in [-0.2, -0.15) is 0 Å². The lowest BCUT2D eigenvalue weighted by Crippen LogP contribution is -2.22. The van der Waals surface area contributed by atoms with Crippen LogP contribution < -0.4 is 0 Å². The van der Waals surface area contributed by atoms with Crippen molar-refractivity contribution >= 4 is 11.3 Å². The molecule has 22 heavy (non-hydrogen) atoms. The lowest BCUT2D eigenvalue weighted by Gasteiger charge is -2.24. The highest BCUT2D eigenvalue weighted by molar-refractivity contribution is 7.13. The first-order valence-electron chi connectivity index (χ1n) is 7.29. The maximum absolute atomic E-state index is 4.81. The molecule has 2 aromatic heterocycles. The van der Waals surface area contributed by atoms with E-state index in [0.29, 0.717) is 0 Å². The van der Waals surface area contributed by atoms with Gasteiger partial charge in [0.25, 0.3) is 0 Å². The molecule has 0 atom stereocenters. The predicted molar refractivity (Wildman–Crippen MR) is 91.2 cm³/mol. The molecule has 0 bridgehead atoms. The van der Waals surface area contributed by atoms with E-state index in [4.69, 9.17) is 4.98 Å². The van der Waals surface area contributed by atoms with Crippen molar-refractivity contribution in [2.24, 2.45) is 0 Å². The number of hydrogen-bond acceptors (Lipinski definition) is 4. The Kier molecular flexibility index (Phi) is 3.79. The van der Waals surface area contributed by atoms with Crippen LogP contribution in [0, 0.1) is 13.8 Å². The summed E-state index contributed by atoms with van der Waals surface area (Å²) in [6.45, 7) is 8.44. The van der Waals surface area contributed by atoms with Crippen LogP contribution in [0.3, 0.4) is 0 Å². The van der Waals surface area contributed by atoms with E-state index in [1.807, 2.05) is 24.7 Å². The molecule has 0 aliphatic carbocycles. The van der Waals surface area contributed by atoms with Crippen LogP contribution in [0.25, 0.3) is 10.6 Å². The Hall–Kier alpha value is -2.07. The second-order valence-corrected chi connectivity index (χ2v) is 6.88. The van der Waals surface area contributed by atoms with Crippen LogP contribution in [0.1, 0.15) is 36.5 Å². The van der Waals surface area contributed by atoms with Gasteiger partial charge in [0.05, 0.1) is 21.8 Å². The Bertz CT molecular complexity index is 788. The SMILES string of the molecule is Cc1ccc(C(C)(C)c2nccc(-c3scnc3C)n2)cc1. The zero-order valence-electron chi connectivity index (χ0n) is 13.3. The van der Waals surface area contributed by atoms with Gasteiger partial charge in [0.15, 0.2) is 0 Å². The topological polar surface area (TPSA) is 38.7 Å². The molecule has 3 aromatic rings. The molecule has 0 spiro atoms. The number of hydrogen-bond donors (Lipinski definition) is 0. The van der Waals surface area contributed by atoms with Crippen LogP contribution in [-0.4, -0.2) is 15.0 Å². The summed E-state index contributed by atoms with van der Waals surface area (Å²) >= 11 is 1.62. The molecule has 3 rings (SSSR count). The first kappa shape index (κ1) is 14.9. The van der Waals surface area contributed by atoms with Crippen LogP contribution in [-0.2, 0) is 5.41 Å². The molecule has 0 radical (unpaired) electrons. The molecule has 2 heterocycles. The van der Waals surface area contributed by atoms with E-state index in [1.54, 1.807) is 11.3 Å². The first-order chi connectivity index (χ1) is 10.5. The molecular weight excluding hydrogens is 290 g/mol. The summed E-state index contributed by atoms with van der Waals surface area (Å²) in [5.41, 5.74) is 6.07. The highest BCUT2D eigenvalue weighted by Crippen LogP contribution is 2.31. The molecule has 0 saturated carbocycles. The van der Waals surface area contributed by atoms with Crippen LogP contribution in [0.5, 0.6) is 0 Å². The second-order valence-electron chi connectivity index (χ2n) is 6.02. The third-order valence-corrected chi connectivity index (χ3v) is 4.92. The Labute approximate surface area is 135 Å². The van der Waals surface area contributed by atoms with Gasteiger partial charge in [0.2, 0.25) is 0 Å². The van der Waals surface area contributed by atoms with Crippen molar-refractivity contribution < 1.29 is 0 Å². The molecule has 3 nitrogen and oxygen atoms in total. The summed E-state index contributed by atoms with van der Waals surface area (Å²) in [6.07, 6.45) is 1.84. The van der Waals surface area contributed by atoms with E-state index >= 15 is 0 Å². The van der Waals surface area contributed by atoms with Gasteiger partial charge < -0.3 is 0 Å². The van der Waals surface area contributed by atoms with Crippen LogP contribution in [0.2, 0.25) is 0 Å². The van der Waals surface area contributed by atoms with Gasteiger partial charge in [-0.3, -0.25) is 0 Å². The fourth-order valence-corrected chi connectivity index (χ4v) is 3.21. The lowest BCUT2D eigenvalue weighted by atomic mass is 9.83. The highest BCUT2D eigenvalue weighted by atomic mass is 32.1. The minimum atomic E-state index is -0.234. The van der Waals surface area contributed by atoms with Gasteiger partial charge in [0.1, 0.15) is 5.82 Å². The summed E-state index contributed by atoms with van der Waals surface area (Å²) in [4.78, 5) is 14.8. The Morgan fingerprint density at radius 1 is 0.955 bits per heavy atom. The number of nitrogens with zero attached hydrogens (tertiary/aromatic N) is 3. The second kappa shape index (κ2) is 5.61. The van der Waals surface area contributed by atoms with Crippen molar-refractivity contribution in [1.29, 1.82) is 0 Å². The maximum Gasteiger partial charge on any atom is 0.138 e. The average Bonchev–Trinajstić information content (AvgIpc) is 2.94. The fraction of sp³-hybridized carbons (Fsp3) is 0.278. The van der Waals surface area contributed by atoms with Gasteiger partial charge >= 0.3 is 0 Å². The highest BCUT2D eigenvalue weighted by Gasteiger charge is 2.26. The molecule has 0 aliphatic heterocycles. The first-order valence-corrected chi connectivity index (χ1v) is 8.17. The van der Waals surface area contributed by atoms with E-state index in [9.17, 15) is 0 Å². The average molecular weight is 309 g/mol. The molecule has 0 aliphatic rings. The summed E-state index contributed by atoms with van der Waals surface area (Å²) < 4.78 is 0. The fourth-order valence-electron chi connectivity index (χ4n) is 2.43. The van der Waals surface area contributed by atoms with E-state index in [0.717, 1.165) is 22.1 Å². The Morgan fingerprint density at radius 2 is 1.68 bits per heavy atom. The third kappa shape index (κ3) is 2.66. The van der Waals surface area contributed by atoms with Gasteiger partial charge in [0, 0.05) is 11.6 Å². The molecule has 112 valence electrons. The van der Waals surface area contributed by atoms with E-state index in [-0.39, 0.29) is 5.41 Å². The molecule has 1 aromatic carbocycles. The summed E-state index contributed by atoms with van der Waals surface area (Å²) in [5.74, 6) is 0.835. The third-order valence-electron chi connectivity index (χ3n) is 3.97. The van der Waals surface area contributed by atoms with Crippen molar-refractivity contribution in [2.45, 2.75) is 33.1 Å². The normalized spacial score (nSPS) is 11.6. The van der Waals surface area contributed by atoms with Crippen LogP contribution in [0.15, 0.2) is 42.0 Å². The molecule has 0 unspecified atom stereocenters. The number of rotatable bonds is 3. The summed E-state index contributed by atoms with van der Waals surface area (Å²) in [6, 6.07) is 10.5. The largest absolute Gasteiger partial charge is 0.249 e. The van der Waals surface area contributed by atoms with Gasteiger partial charge in [-0.1, -0.05) is 29.8 Å². The number of thiazole rings is 1. The van der Waals surface area contributed by atoms with Crippen LogP contribution >= 0.6 is 11.3 Å². The Balaban J connectivity index is 2.04. The van der Waals surface area contributed by atoms with E-state index in [1.165, 1.54) is 11.1 Å². The maximum atomic E-state index is 4.81. The predicted octanol–water partition coefficient (Wildman–Crippen LogP) is 4.54. The summed E-state index contributed by atoms with van der Waals surface area (Å²) in [7, 11) is 0. The zero-order chi connectivity index (χ0) is 15.7. The van der Waals surface area contributed by atoms with Crippen molar-refractivity contribution in [1.82, 2.24) is 15.0 Å². The van der Waals surface area contributed by atoms with Gasteiger partial charge in [-0.15, -0.1) is 11.3 Å². The lowest BCUT2D eigenvalue weighted by molar-refractivity contribution is 0.590. The smallest absolute Gasteiger partial charge is 0.138 e. The molecular formula is C18H19N3S. The molecule has 0 amide bonds. The number of benzene rings is 1. The molecule has 0 fully saturated rings. The van der Waals surface area contributed by atoms with Gasteiger partial charge in [-0.05, 0) is 39.3 Å². The van der Waals surface area contributed by atoms with Crippen LogP contribution in [0.4, 0.5) is 0 Å². The zero-order valence-corrected chi connectivity index (χ0v) is 14.1. The van der Waals surface area contributed by atoms with E-state index < -0.39 is 0 Å². The van der Waals surface area contributed by atoms with Crippen molar-refractivity contribution in [3.63, 3.8) is 0 Å².